The molecule has 0 aliphatic heterocycles. The number of hydrogen-bond donors (Lipinski definition) is 1. The van der Waals surface area contributed by atoms with Gasteiger partial charge in [-0.15, -0.1) is 0 Å². The van der Waals surface area contributed by atoms with E-state index >= 15 is 0 Å². The van der Waals surface area contributed by atoms with E-state index in [2.05, 4.69) is 69.4 Å². The molecule has 0 aromatic heterocycles. The molecular formula is C28H39NO. The smallest absolute Gasteiger partial charge is 0.230 e. The van der Waals surface area contributed by atoms with Gasteiger partial charge in [0.2, 0.25) is 5.91 Å². The van der Waals surface area contributed by atoms with E-state index in [1.54, 1.807) is 0 Å². The molecule has 162 valence electrons. The first-order valence-electron chi connectivity index (χ1n) is 11.9. The fourth-order valence-corrected chi connectivity index (χ4v) is 5.19. The molecule has 0 bridgehead atoms. The highest BCUT2D eigenvalue weighted by Gasteiger charge is 2.40. The Bertz CT molecular complexity index is 846. The fourth-order valence-electron chi connectivity index (χ4n) is 5.19. The third-order valence-electron chi connectivity index (χ3n) is 6.93. The van der Waals surface area contributed by atoms with Crippen molar-refractivity contribution in [3.8, 4) is 0 Å². The van der Waals surface area contributed by atoms with Crippen LogP contribution in [-0.2, 0) is 17.6 Å². The summed E-state index contributed by atoms with van der Waals surface area (Å²) in [5.41, 5.74) is 7.07. The largest absolute Gasteiger partial charge is 0.325 e. The number of carbonyl (C=O) groups excluding carboxylic acids is 1. The highest BCUT2D eigenvalue weighted by molar-refractivity contribution is 5.97. The van der Waals surface area contributed by atoms with E-state index in [0.29, 0.717) is 0 Å². The normalized spacial score (nSPS) is 18.1. The lowest BCUT2D eigenvalue weighted by atomic mass is 9.68. The van der Waals surface area contributed by atoms with Crippen LogP contribution in [0.25, 0.3) is 0 Å². The van der Waals surface area contributed by atoms with Gasteiger partial charge < -0.3 is 5.32 Å². The predicted octanol–water partition coefficient (Wildman–Crippen LogP) is 7.48. The second-order valence-electron chi connectivity index (χ2n) is 9.47. The summed E-state index contributed by atoms with van der Waals surface area (Å²) in [5, 5.41) is 3.37. The number of carbonyl (C=O) groups is 1. The molecule has 30 heavy (non-hydrogen) atoms. The van der Waals surface area contributed by atoms with Crippen molar-refractivity contribution in [3.63, 3.8) is 0 Å². The Morgan fingerprint density at radius 3 is 2.27 bits per heavy atom. The molecule has 0 heterocycles. The Labute approximate surface area is 183 Å². The maximum atomic E-state index is 13.7. The molecule has 0 fully saturated rings. The van der Waals surface area contributed by atoms with Crippen LogP contribution in [0.3, 0.4) is 0 Å². The average Bonchev–Trinajstić information content (AvgIpc) is 2.73. The third-order valence-corrected chi connectivity index (χ3v) is 6.93. The molecule has 0 saturated carbocycles. The number of aryl methyl sites for hydroxylation is 4. The summed E-state index contributed by atoms with van der Waals surface area (Å²) in [5.74, 6) is 0.223. The lowest BCUT2D eigenvalue weighted by Gasteiger charge is -2.37. The molecule has 1 aliphatic carbocycles. The number of nitrogens with one attached hydrogen (secondary N) is 1. The molecule has 1 unspecified atom stereocenters. The molecule has 2 nitrogen and oxygen atoms in total. The van der Waals surface area contributed by atoms with E-state index < -0.39 is 0 Å². The molecule has 1 atom stereocenters. The molecular weight excluding hydrogens is 366 g/mol. The third kappa shape index (κ3) is 5.33. The molecule has 2 heteroatoms. The second kappa shape index (κ2) is 10.3. The van der Waals surface area contributed by atoms with Gasteiger partial charge in [-0.2, -0.15) is 0 Å². The minimum atomic E-state index is -0.289. The molecule has 0 spiro atoms. The van der Waals surface area contributed by atoms with Crippen LogP contribution >= 0.6 is 0 Å². The molecule has 3 rings (SSSR count). The maximum absolute atomic E-state index is 13.7. The number of amides is 1. The highest BCUT2D eigenvalue weighted by Crippen LogP contribution is 2.41. The summed E-state index contributed by atoms with van der Waals surface area (Å²) in [6.45, 7) is 8.58. The standard InChI is InChI=1S/C28H39NO/c1-5-6-7-8-9-12-16-28(17-15-24-13-10-11-14-25(24)20-28)27(30)29-26-22(3)18-21(2)19-23(26)4/h10-11,13-14,18-19H,5-9,12,15-17,20H2,1-4H3,(H,29,30). The number of hydrogen-bond acceptors (Lipinski definition) is 1. The summed E-state index contributed by atoms with van der Waals surface area (Å²) in [7, 11) is 0. The van der Waals surface area contributed by atoms with Gasteiger partial charge in [-0.1, -0.05) is 87.4 Å². The second-order valence-corrected chi connectivity index (χ2v) is 9.47. The topological polar surface area (TPSA) is 29.1 Å². The zero-order valence-corrected chi connectivity index (χ0v) is 19.4. The SMILES string of the molecule is CCCCCCCCC1(C(=O)Nc2c(C)cc(C)cc2C)CCc2ccccc2C1. The number of anilines is 1. The Balaban J connectivity index is 1.78. The van der Waals surface area contributed by atoms with Gasteiger partial charge in [-0.25, -0.2) is 0 Å². The van der Waals surface area contributed by atoms with Crippen molar-refractivity contribution >= 4 is 11.6 Å². The van der Waals surface area contributed by atoms with Crippen molar-refractivity contribution in [2.45, 2.75) is 91.9 Å². The molecule has 2 aromatic rings. The van der Waals surface area contributed by atoms with Crippen molar-refractivity contribution in [3.05, 3.63) is 64.2 Å². The molecule has 1 N–H and O–H groups in total. The van der Waals surface area contributed by atoms with Gasteiger partial charge in [-0.3, -0.25) is 4.79 Å². The van der Waals surface area contributed by atoms with Gasteiger partial charge >= 0.3 is 0 Å². The van der Waals surface area contributed by atoms with Crippen LogP contribution in [0.5, 0.6) is 0 Å². The number of unbranched alkanes of at least 4 members (excludes halogenated alkanes) is 5. The molecule has 1 amide bonds. The lowest BCUT2D eigenvalue weighted by molar-refractivity contribution is -0.126. The fraction of sp³-hybridized carbons (Fsp3) is 0.536. The van der Waals surface area contributed by atoms with Gasteiger partial charge in [0.25, 0.3) is 0 Å². The Hall–Kier alpha value is -2.09. The summed E-state index contributed by atoms with van der Waals surface area (Å²) in [6.07, 6.45) is 11.4. The average molecular weight is 406 g/mol. The summed E-state index contributed by atoms with van der Waals surface area (Å²) >= 11 is 0. The maximum Gasteiger partial charge on any atom is 0.230 e. The van der Waals surface area contributed by atoms with E-state index in [-0.39, 0.29) is 11.3 Å². The summed E-state index contributed by atoms with van der Waals surface area (Å²) in [4.78, 5) is 13.7. The van der Waals surface area contributed by atoms with Crippen molar-refractivity contribution in [2.24, 2.45) is 5.41 Å². The van der Waals surface area contributed by atoms with Crippen molar-refractivity contribution in [1.29, 1.82) is 0 Å². The van der Waals surface area contributed by atoms with E-state index in [9.17, 15) is 4.79 Å². The van der Waals surface area contributed by atoms with Crippen LogP contribution in [0.4, 0.5) is 5.69 Å². The molecule has 2 aromatic carbocycles. The van der Waals surface area contributed by atoms with Crippen LogP contribution in [0, 0.1) is 26.2 Å². The van der Waals surface area contributed by atoms with Gasteiger partial charge in [-0.05, 0) is 68.7 Å². The number of rotatable bonds is 9. The van der Waals surface area contributed by atoms with Gasteiger partial charge in [0, 0.05) is 5.69 Å². The minimum Gasteiger partial charge on any atom is -0.325 e. The van der Waals surface area contributed by atoms with Crippen LogP contribution in [0.2, 0.25) is 0 Å². The van der Waals surface area contributed by atoms with Crippen LogP contribution in [0.1, 0.15) is 86.1 Å². The number of benzene rings is 2. The first-order chi connectivity index (χ1) is 14.4. The van der Waals surface area contributed by atoms with E-state index in [4.69, 9.17) is 0 Å². The Morgan fingerprint density at radius 1 is 0.933 bits per heavy atom. The quantitative estimate of drug-likeness (QED) is 0.431. The van der Waals surface area contributed by atoms with Crippen LogP contribution in [-0.4, -0.2) is 5.91 Å². The number of fused-ring (bicyclic) bond motifs is 1. The van der Waals surface area contributed by atoms with Gasteiger partial charge in [0.1, 0.15) is 0 Å². The van der Waals surface area contributed by atoms with Crippen molar-refractivity contribution < 1.29 is 4.79 Å². The van der Waals surface area contributed by atoms with Crippen molar-refractivity contribution in [2.75, 3.05) is 5.32 Å². The van der Waals surface area contributed by atoms with Crippen LogP contribution in [0.15, 0.2) is 36.4 Å². The highest BCUT2D eigenvalue weighted by atomic mass is 16.2. The summed E-state index contributed by atoms with van der Waals surface area (Å²) in [6, 6.07) is 13.0. The minimum absolute atomic E-state index is 0.223. The first-order valence-corrected chi connectivity index (χ1v) is 11.9. The molecule has 0 saturated heterocycles. The Morgan fingerprint density at radius 2 is 1.57 bits per heavy atom. The molecule has 0 radical (unpaired) electrons. The van der Waals surface area contributed by atoms with Crippen molar-refractivity contribution in [1.82, 2.24) is 0 Å². The zero-order chi connectivity index (χ0) is 21.6. The van der Waals surface area contributed by atoms with Crippen LogP contribution < -0.4 is 5.32 Å². The molecule has 1 aliphatic rings. The first kappa shape index (κ1) is 22.6. The van der Waals surface area contributed by atoms with Gasteiger partial charge in [0.15, 0.2) is 0 Å². The predicted molar refractivity (Wildman–Crippen MR) is 128 cm³/mol. The van der Waals surface area contributed by atoms with E-state index in [0.717, 1.165) is 48.9 Å². The lowest BCUT2D eigenvalue weighted by Crippen LogP contribution is -2.41. The summed E-state index contributed by atoms with van der Waals surface area (Å²) < 4.78 is 0. The van der Waals surface area contributed by atoms with E-state index in [1.807, 2.05) is 0 Å². The monoisotopic (exact) mass is 405 g/mol. The zero-order valence-electron chi connectivity index (χ0n) is 19.4. The Kier molecular flexibility index (Phi) is 7.75. The van der Waals surface area contributed by atoms with E-state index in [1.165, 1.54) is 48.8 Å². The van der Waals surface area contributed by atoms with Gasteiger partial charge in [0.05, 0.1) is 5.41 Å².